The molecule has 0 radical (unpaired) electrons. The van der Waals surface area contributed by atoms with Gasteiger partial charge < -0.3 is 0 Å². The first-order chi connectivity index (χ1) is 8.41. The Kier molecular flexibility index (Phi) is 3.37. The van der Waals surface area contributed by atoms with E-state index in [0.717, 1.165) is 22.9 Å². The molecule has 0 aromatic carbocycles. The highest BCUT2D eigenvalue weighted by Gasteiger charge is 2.18. The fourth-order valence-electron chi connectivity index (χ4n) is 1.95. The normalized spacial score (nSPS) is 12.3. The molecule has 0 atom stereocenters. The molecule has 0 aliphatic heterocycles. The first kappa shape index (κ1) is 13.0. The summed E-state index contributed by atoms with van der Waals surface area (Å²) in [5.74, 6) is 2.10. The van der Waals surface area contributed by atoms with E-state index in [-0.39, 0.29) is 0 Å². The molecule has 0 saturated heterocycles. The molecule has 0 N–H and O–H groups in total. The van der Waals surface area contributed by atoms with Crippen LogP contribution in [-0.4, -0.2) is 19.6 Å². The van der Waals surface area contributed by atoms with Gasteiger partial charge in [0.25, 0.3) is 0 Å². The molecule has 0 unspecified atom stereocenters. The van der Waals surface area contributed by atoms with Crippen molar-refractivity contribution < 1.29 is 0 Å². The third-order valence-electron chi connectivity index (χ3n) is 3.07. The second-order valence-corrected chi connectivity index (χ2v) is 5.74. The summed E-state index contributed by atoms with van der Waals surface area (Å²) in [5.41, 5.74) is 2.96. The van der Waals surface area contributed by atoms with Crippen LogP contribution in [0.1, 0.15) is 76.5 Å². The Labute approximate surface area is 108 Å². The quantitative estimate of drug-likeness (QED) is 0.832. The zero-order valence-electron chi connectivity index (χ0n) is 12.1. The molecule has 2 rings (SSSR count). The molecule has 0 fully saturated rings. The molecule has 0 aliphatic carbocycles. The van der Waals surface area contributed by atoms with Gasteiger partial charge >= 0.3 is 0 Å². The summed E-state index contributed by atoms with van der Waals surface area (Å²) >= 11 is 0. The Morgan fingerprint density at radius 1 is 0.944 bits per heavy atom. The van der Waals surface area contributed by atoms with Crippen molar-refractivity contribution in [2.75, 3.05) is 0 Å². The predicted octanol–water partition coefficient (Wildman–Crippen LogP) is 3.49. The lowest BCUT2D eigenvalue weighted by Crippen LogP contribution is -2.06. The smallest absolute Gasteiger partial charge is 0.177 e. The maximum absolute atomic E-state index is 4.73. The SMILES string of the molecule is CC(C)c1cnc2c(C(C)C)nc(C(C)C)n2n1. The molecule has 98 valence electrons. The van der Waals surface area contributed by atoms with Gasteiger partial charge in [0, 0.05) is 5.92 Å². The highest BCUT2D eigenvalue weighted by Crippen LogP contribution is 2.23. The van der Waals surface area contributed by atoms with Crippen LogP contribution in [0.25, 0.3) is 5.65 Å². The summed E-state index contributed by atoms with van der Waals surface area (Å²) in [4.78, 5) is 9.29. The summed E-state index contributed by atoms with van der Waals surface area (Å²) in [7, 11) is 0. The first-order valence-corrected chi connectivity index (χ1v) is 6.67. The lowest BCUT2D eigenvalue weighted by atomic mass is 10.1. The minimum Gasteiger partial charge on any atom is -0.233 e. The largest absolute Gasteiger partial charge is 0.233 e. The minimum atomic E-state index is 0.349. The van der Waals surface area contributed by atoms with E-state index in [1.54, 1.807) is 0 Å². The summed E-state index contributed by atoms with van der Waals surface area (Å²) in [5, 5.41) is 4.69. The van der Waals surface area contributed by atoms with Gasteiger partial charge in [-0.15, -0.1) is 0 Å². The first-order valence-electron chi connectivity index (χ1n) is 6.67. The van der Waals surface area contributed by atoms with E-state index >= 15 is 0 Å². The topological polar surface area (TPSA) is 43.1 Å². The van der Waals surface area contributed by atoms with Crippen LogP contribution in [-0.2, 0) is 0 Å². The minimum absolute atomic E-state index is 0.349. The molecule has 4 heteroatoms. The third-order valence-corrected chi connectivity index (χ3v) is 3.07. The van der Waals surface area contributed by atoms with E-state index in [9.17, 15) is 0 Å². The van der Waals surface area contributed by atoms with Crippen molar-refractivity contribution in [3.63, 3.8) is 0 Å². The van der Waals surface area contributed by atoms with Crippen LogP contribution < -0.4 is 0 Å². The molecule has 0 amide bonds. The Hall–Kier alpha value is -1.45. The van der Waals surface area contributed by atoms with E-state index in [1.807, 2.05) is 10.7 Å². The molecule has 0 spiro atoms. The van der Waals surface area contributed by atoms with Crippen LogP contribution in [0.2, 0.25) is 0 Å². The van der Waals surface area contributed by atoms with Crippen LogP contribution in [0.5, 0.6) is 0 Å². The van der Waals surface area contributed by atoms with Gasteiger partial charge in [-0.2, -0.15) is 9.61 Å². The Balaban J connectivity index is 2.71. The van der Waals surface area contributed by atoms with Gasteiger partial charge in [0.2, 0.25) is 0 Å². The van der Waals surface area contributed by atoms with Crippen molar-refractivity contribution >= 4 is 5.65 Å². The summed E-state index contributed by atoms with van der Waals surface area (Å²) in [6, 6.07) is 0. The molecule has 0 saturated carbocycles. The molecule has 18 heavy (non-hydrogen) atoms. The van der Waals surface area contributed by atoms with Crippen molar-refractivity contribution in [3.8, 4) is 0 Å². The zero-order valence-corrected chi connectivity index (χ0v) is 12.1. The van der Waals surface area contributed by atoms with Gasteiger partial charge in [-0.05, 0) is 11.8 Å². The monoisotopic (exact) mass is 246 g/mol. The number of nitrogens with zero attached hydrogens (tertiary/aromatic N) is 4. The van der Waals surface area contributed by atoms with Crippen LogP contribution in [0, 0.1) is 0 Å². The van der Waals surface area contributed by atoms with Crippen molar-refractivity contribution in [1.82, 2.24) is 19.6 Å². The predicted molar refractivity (Wildman–Crippen MR) is 73.0 cm³/mol. The van der Waals surface area contributed by atoms with Crippen molar-refractivity contribution in [3.05, 3.63) is 23.4 Å². The zero-order chi connectivity index (χ0) is 13.4. The standard InChI is InChI=1S/C14H22N4/c1-8(2)11-7-15-14-12(9(3)4)16-13(10(5)6)18(14)17-11/h7-10H,1-6H3. The van der Waals surface area contributed by atoms with Crippen LogP contribution >= 0.6 is 0 Å². The van der Waals surface area contributed by atoms with Gasteiger partial charge in [0.05, 0.1) is 17.6 Å². The molecule has 4 nitrogen and oxygen atoms in total. The van der Waals surface area contributed by atoms with E-state index in [2.05, 4.69) is 46.5 Å². The highest BCUT2D eigenvalue weighted by atomic mass is 15.3. The Morgan fingerprint density at radius 2 is 1.61 bits per heavy atom. The molecule has 2 aromatic heterocycles. The van der Waals surface area contributed by atoms with E-state index in [4.69, 9.17) is 10.1 Å². The molecular weight excluding hydrogens is 224 g/mol. The Bertz CT molecular complexity index is 552. The molecular formula is C14H22N4. The van der Waals surface area contributed by atoms with Gasteiger partial charge in [-0.25, -0.2) is 9.97 Å². The maximum Gasteiger partial charge on any atom is 0.177 e. The van der Waals surface area contributed by atoms with Gasteiger partial charge in [0.1, 0.15) is 5.82 Å². The molecule has 2 aromatic rings. The number of aromatic nitrogens is 4. The summed E-state index contributed by atoms with van der Waals surface area (Å²) < 4.78 is 1.93. The van der Waals surface area contributed by atoms with Crippen molar-refractivity contribution in [2.24, 2.45) is 0 Å². The van der Waals surface area contributed by atoms with Crippen molar-refractivity contribution in [1.29, 1.82) is 0 Å². The number of hydrogen-bond donors (Lipinski definition) is 0. The number of hydrogen-bond acceptors (Lipinski definition) is 3. The number of imidazole rings is 1. The lowest BCUT2D eigenvalue weighted by molar-refractivity contribution is 0.683. The number of rotatable bonds is 3. The number of fused-ring (bicyclic) bond motifs is 1. The Morgan fingerprint density at radius 3 is 2.11 bits per heavy atom. The van der Waals surface area contributed by atoms with Crippen LogP contribution in [0.3, 0.4) is 0 Å². The second-order valence-electron chi connectivity index (χ2n) is 5.74. The average Bonchev–Trinajstić information content (AvgIpc) is 2.67. The maximum atomic E-state index is 4.73. The lowest BCUT2D eigenvalue weighted by Gasteiger charge is -2.07. The average molecular weight is 246 g/mol. The fourth-order valence-corrected chi connectivity index (χ4v) is 1.95. The van der Waals surface area contributed by atoms with Crippen LogP contribution in [0.4, 0.5) is 0 Å². The fraction of sp³-hybridized carbons (Fsp3) is 0.643. The summed E-state index contributed by atoms with van der Waals surface area (Å²) in [6.07, 6.45) is 1.87. The van der Waals surface area contributed by atoms with E-state index < -0.39 is 0 Å². The van der Waals surface area contributed by atoms with E-state index in [1.165, 1.54) is 0 Å². The second kappa shape index (κ2) is 4.67. The van der Waals surface area contributed by atoms with Crippen molar-refractivity contribution in [2.45, 2.75) is 59.3 Å². The van der Waals surface area contributed by atoms with E-state index in [0.29, 0.717) is 17.8 Å². The van der Waals surface area contributed by atoms with Gasteiger partial charge in [-0.3, -0.25) is 0 Å². The third kappa shape index (κ3) is 2.11. The highest BCUT2D eigenvalue weighted by molar-refractivity contribution is 5.46. The summed E-state index contributed by atoms with van der Waals surface area (Å²) in [6.45, 7) is 12.8. The van der Waals surface area contributed by atoms with Gasteiger partial charge in [0.15, 0.2) is 5.65 Å². The molecule has 0 bridgehead atoms. The molecule has 2 heterocycles. The molecule has 0 aliphatic rings. The van der Waals surface area contributed by atoms with Crippen LogP contribution in [0.15, 0.2) is 6.20 Å². The van der Waals surface area contributed by atoms with Gasteiger partial charge in [-0.1, -0.05) is 41.5 Å².